The van der Waals surface area contributed by atoms with Crippen LogP contribution in [-0.2, 0) is 10.0 Å². The van der Waals surface area contributed by atoms with E-state index in [-0.39, 0.29) is 10.6 Å². The van der Waals surface area contributed by atoms with Crippen molar-refractivity contribution in [3.8, 4) is 5.69 Å². The zero-order valence-electron chi connectivity index (χ0n) is 16.6. The fourth-order valence-corrected chi connectivity index (χ4v) is 5.09. The zero-order chi connectivity index (χ0) is 21.1. The summed E-state index contributed by atoms with van der Waals surface area (Å²) < 4.78 is 28.7. The molecule has 3 aromatic rings. The fraction of sp³-hybridized carbons (Fsp3) is 0.286. The highest BCUT2D eigenvalue weighted by molar-refractivity contribution is 7.89. The summed E-state index contributed by atoms with van der Waals surface area (Å²) in [7, 11) is -3.52. The minimum Gasteiger partial charge on any atom is -0.321 e. The first-order chi connectivity index (χ1) is 14.4. The van der Waals surface area contributed by atoms with Crippen LogP contribution in [0.2, 0.25) is 0 Å². The SMILES string of the molecule is CC1CCCN(S(=O)(=O)c2ccc(NC(=O)c3cn(-c4ccccc4)nn3)cc2)C1. The molecule has 30 heavy (non-hydrogen) atoms. The van der Waals surface area contributed by atoms with Crippen LogP contribution in [-0.4, -0.2) is 46.7 Å². The maximum absolute atomic E-state index is 12.8. The first kappa shape index (κ1) is 20.2. The van der Waals surface area contributed by atoms with E-state index in [1.807, 2.05) is 30.3 Å². The molecule has 1 unspecified atom stereocenters. The molecule has 1 aromatic heterocycles. The third-order valence-electron chi connectivity index (χ3n) is 5.12. The molecule has 8 nitrogen and oxygen atoms in total. The Labute approximate surface area is 175 Å². The van der Waals surface area contributed by atoms with E-state index in [4.69, 9.17) is 0 Å². The van der Waals surface area contributed by atoms with E-state index in [1.54, 1.807) is 18.3 Å². The lowest BCUT2D eigenvalue weighted by Crippen LogP contribution is -2.39. The minimum atomic E-state index is -3.52. The number of benzene rings is 2. The quantitative estimate of drug-likeness (QED) is 0.678. The van der Waals surface area contributed by atoms with Crippen molar-refractivity contribution in [1.29, 1.82) is 0 Å². The highest BCUT2D eigenvalue weighted by atomic mass is 32.2. The molecule has 1 fully saturated rings. The molecule has 2 heterocycles. The average molecular weight is 426 g/mol. The van der Waals surface area contributed by atoms with Crippen molar-refractivity contribution in [2.45, 2.75) is 24.7 Å². The summed E-state index contributed by atoms with van der Waals surface area (Å²) in [6, 6.07) is 15.6. The van der Waals surface area contributed by atoms with Crippen LogP contribution in [0.3, 0.4) is 0 Å². The highest BCUT2D eigenvalue weighted by Crippen LogP contribution is 2.24. The molecule has 2 aromatic carbocycles. The van der Waals surface area contributed by atoms with Gasteiger partial charge in [0.25, 0.3) is 5.91 Å². The van der Waals surface area contributed by atoms with Crippen LogP contribution in [0.25, 0.3) is 5.69 Å². The Hall–Kier alpha value is -3.04. The van der Waals surface area contributed by atoms with Gasteiger partial charge >= 0.3 is 0 Å². The van der Waals surface area contributed by atoms with E-state index in [0.29, 0.717) is 24.7 Å². The number of amides is 1. The van der Waals surface area contributed by atoms with E-state index < -0.39 is 15.9 Å². The summed E-state index contributed by atoms with van der Waals surface area (Å²) in [5.41, 5.74) is 1.45. The smallest absolute Gasteiger partial charge is 0.277 e. The highest BCUT2D eigenvalue weighted by Gasteiger charge is 2.28. The van der Waals surface area contributed by atoms with Crippen molar-refractivity contribution in [2.24, 2.45) is 5.92 Å². The van der Waals surface area contributed by atoms with Crippen molar-refractivity contribution >= 4 is 21.6 Å². The molecule has 1 amide bonds. The Bertz CT molecular complexity index is 1130. The van der Waals surface area contributed by atoms with Crippen LogP contribution in [0.4, 0.5) is 5.69 Å². The summed E-state index contributed by atoms with van der Waals surface area (Å²) in [5.74, 6) is -0.0611. The maximum Gasteiger partial charge on any atom is 0.277 e. The number of nitrogens with one attached hydrogen (secondary N) is 1. The van der Waals surface area contributed by atoms with Crippen LogP contribution in [0.5, 0.6) is 0 Å². The normalized spacial score (nSPS) is 17.6. The van der Waals surface area contributed by atoms with Crippen LogP contribution < -0.4 is 5.32 Å². The van der Waals surface area contributed by atoms with Gasteiger partial charge in [-0.25, -0.2) is 13.1 Å². The topological polar surface area (TPSA) is 97.2 Å². The first-order valence-electron chi connectivity index (χ1n) is 9.83. The number of piperidine rings is 1. The third-order valence-corrected chi connectivity index (χ3v) is 7.00. The Morgan fingerprint density at radius 1 is 1.10 bits per heavy atom. The fourth-order valence-electron chi connectivity index (χ4n) is 3.49. The summed E-state index contributed by atoms with van der Waals surface area (Å²) in [6.07, 6.45) is 3.46. The molecular formula is C21H23N5O3S. The van der Waals surface area contributed by atoms with Crippen molar-refractivity contribution in [1.82, 2.24) is 19.3 Å². The molecule has 1 saturated heterocycles. The standard InChI is InChI=1S/C21H23N5O3S/c1-16-6-5-13-25(14-16)30(28,29)19-11-9-17(10-12-19)22-21(27)20-15-26(24-23-20)18-7-3-2-4-8-18/h2-4,7-12,15-16H,5-6,13-14H2,1H3,(H,22,27). The summed E-state index contributed by atoms with van der Waals surface area (Å²) in [6.45, 7) is 3.15. The number of carbonyl (C=O) groups is 1. The number of anilines is 1. The van der Waals surface area contributed by atoms with E-state index in [1.165, 1.54) is 21.1 Å². The van der Waals surface area contributed by atoms with Crippen LogP contribution in [0, 0.1) is 5.92 Å². The van der Waals surface area contributed by atoms with E-state index in [0.717, 1.165) is 18.5 Å². The molecule has 9 heteroatoms. The van der Waals surface area contributed by atoms with Gasteiger partial charge in [0.05, 0.1) is 16.8 Å². The van der Waals surface area contributed by atoms with Gasteiger partial charge in [-0.15, -0.1) is 5.10 Å². The van der Waals surface area contributed by atoms with Gasteiger partial charge in [-0.1, -0.05) is 30.3 Å². The molecule has 0 spiro atoms. The van der Waals surface area contributed by atoms with Crippen molar-refractivity contribution < 1.29 is 13.2 Å². The van der Waals surface area contributed by atoms with Gasteiger partial charge in [-0.3, -0.25) is 4.79 Å². The van der Waals surface area contributed by atoms with Crippen molar-refractivity contribution in [3.63, 3.8) is 0 Å². The Morgan fingerprint density at radius 3 is 2.53 bits per heavy atom. The Kier molecular flexibility index (Phi) is 5.65. The lowest BCUT2D eigenvalue weighted by Gasteiger charge is -2.30. The number of nitrogens with zero attached hydrogens (tertiary/aromatic N) is 4. The molecule has 1 aliphatic heterocycles. The molecule has 0 bridgehead atoms. The number of rotatable bonds is 5. The third kappa shape index (κ3) is 4.27. The monoisotopic (exact) mass is 425 g/mol. The predicted octanol–water partition coefficient (Wildman–Crippen LogP) is 2.94. The second kappa shape index (κ2) is 8.37. The molecule has 156 valence electrons. The van der Waals surface area contributed by atoms with Gasteiger partial charge in [-0.05, 0) is 55.2 Å². The van der Waals surface area contributed by atoms with Crippen LogP contribution >= 0.6 is 0 Å². The van der Waals surface area contributed by atoms with Gasteiger partial charge in [0.15, 0.2) is 5.69 Å². The van der Waals surface area contributed by atoms with E-state index in [9.17, 15) is 13.2 Å². The molecule has 4 rings (SSSR count). The molecule has 0 aliphatic carbocycles. The minimum absolute atomic E-state index is 0.165. The van der Waals surface area contributed by atoms with Crippen LogP contribution in [0.15, 0.2) is 65.7 Å². The van der Waals surface area contributed by atoms with E-state index >= 15 is 0 Å². The van der Waals surface area contributed by atoms with Gasteiger partial charge < -0.3 is 5.32 Å². The van der Waals surface area contributed by atoms with Gasteiger partial charge in [-0.2, -0.15) is 4.31 Å². The Morgan fingerprint density at radius 2 is 1.83 bits per heavy atom. The molecule has 1 N–H and O–H groups in total. The lowest BCUT2D eigenvalue weighted by molar-refractivity contribution is 0.102. The number of hydrogen-bond acceptors (Lipinski definition) is 5. The van der Waals surface area contributed by atoms with E-state index in [2.05, 4.69) is 22.6 Å². The average Bonchev–Trinajstić information content (AvgIpc) is 3.25. The van der Waals surface area contributed by atoms with Gasteiger partial charge in [0.1, 0.15) is 0 Å². The van der Waals surface area contributed by atoms with Crippen LogP contribution in [0.1, 0.15) is 30.3 Å². The molecular weight excluding hydrogens is 402 g/mol. The number of carbonyl (C=O) groups excluding carboxylic acids is 1. The zero-order valence-corrected chi connectivity index (χ0v) is 17.4. The molecule has 0 saturated carbocycles. The Balaban J connectivity index is 1.45. The summed E-state index contributed by atoms with van der Waals surface area (Å²) >= 11 is 0. The van der Waals surface area contributed by atoms with Crippen molar-refractivity contribution in [3.05, 3.63) is 66.5 Å². The molecule has 0 radical (unpaired) electrons. The summed E-state index contributed by atoms with van der Waals surface area (Å²) in [4.78, 5) is 12.7. The number of hydrogen-bond donors (Lipinski definition) is 1. The largest absolute Gasteiger partial charge is 0.321 e. The summed E-state index contributed by atoms with van der Waals surface area (Å²) in [5, 5.41) is 10.6. The number of sulfonamides is 1. The second-order valence-electron chi connectivity index (χ2n) is 7.47. The maximum atomic E-state index is 12.8. The number of aromatic nitrogens is 3. The van der Waals surface area contributed by atoms with Crippen molar-refractivity contribution in [2.75, 3.05) is 18.4 Å². The molecule has 1 atom stereocenters. The first-order valence-corrected chi connectivity index (χ1v) is 11.3. The van der Waals surface area contributed by atoms with Gasteiger partial charge in [0.2, 0.25) is 10.0 Å². The second-order valence-corrected chi connectivity index (χ2v) is 9.41. The predicted molar refractivity (Wildman–Crippen MR) is 113 cm³/mol. The molecule has 1 aliphatic rings. The number of para-hydroxylation sites is 1. The van der Waals surface area contributed by atoms with Gasteiger partial charge in [0, 0.05) is 18.8 Å². The lowest BCUT2D eigenvalue weighted by atomic mass is 10.0.